The molecule has 0 aromatic carbocycles. The predicted molar refractivity (Wildman–Crippen MR) is 45.3 cm³/mol. The highest BCUT2D eigenvalue weighted by Crippen LogP contribution is 2.28. The van der Waals surface area contributed by atoms with E-state index >= 15 is 0 Å². The first-order chi connectivity index (χ1) is 5.77. The quantitative estimate of drug-likeness (QED) is 0.614. The molecule has 64 valence electrons. The zero-order valence-electron chi connectivity index (χ0n) is 6.38. The SMILES string of the molecule is Nc1nc(Cl)c2c(n1)OCCC2. The molecule has 0 spiro atoms. The molecule has 1 aliphatic heterocycles. The number of halogens is 1. The van der Waals surface area contributed by atoms with Gasteiger partial charge in [0, 0.05) is 0 Å². The van der Waals surface area contributed by atoms with Gasteiger partial charge in [-0.3, -0.25) is 0 Å². The van der Waals surface area contributed by atoms with Crippen LogP contribution in [0.15, 0.2) is 0 Å². The van der Waals surface area contributed by atoms with Crippen LogP contribution in [0.1, 0.15) is 12.0 Å². The lowest BCUT2D eigenvalue weighted by molar-refractivity contribution is 0.276. The molecule has 1 aliphatic rings. The highest BCUT2D eigenvalue weighted by atomic mass is 35.5. The molecule has 1 aromatic rings. The van der Waals surface area contributed by atoms with E-state index in [4.69, 9.17) is 22.1 Å². The first-order valence-corrected chi connectivity index (χ1v) is 4.10. The van der Waals surface area contributed by atoms with Gasteiger partial charge in [-0.25, -0.2) is 4.98 Å². The van der Waals surface area contributed by atoms with Gasteiger partial charge in [0.15, 0.2) is 0 Å². The minimum absolute atomic E-state index is 0.167. The number of ether oxygens (including phenoxy) is 1. The summed E-state index contributed by atoms with van der Waals surface area (Å²) >= 11 is 5.84. The van der Waals surface area contributed by atoms with Crippen molar-refractivity contribution in [2.75, 3.05) is 12.3 Å². The van der Waals surface area contributed by atoms with E-state index in [-0.39, 0.29) is 5.95 Å². The van der Waals surface area contributed by atoms with Crippen LogP contribution in [0.5, 0.6) is 5.88 Å². The van der Waals surface area contributed by atoms with Crippen LogP contribution < -0.4 is 10.5 Å². The lowest BCUT2D eigenvalue weighted by Crippen LogP contribution is -2.12. The smallest absolute Gasteiger partial charge is 0.224 e. The van der Waals surface area contributed by atoms with Crippen LogP contribution in [0, 0.1) is 0 Å². The van der Waals surface area contributed by atoms with Gasteiger partial charge < -0.3 is 10.5 Å². The number of nitrogen functional groups attached to an aromatic ring is 1. The zero-order valence-corrected chi connectivity index (χ0v) is 7.14. The summed E-state index contributed by atoms with van der Waals surface area (Å²) in [5, 5.41) is 0.414. The number of anilines is 1. The second kappa shape index (κ2) is 2.79. The fraction of sp³-hybridized carbons (Fsp3) is 0.429. The van der Waals surface area contributed by atoms with Crippen LogP contribution in [0.2, 0.25) is 5.15 Å². The maximum atomic E-state index is 5.84. The summed E-state index contributed by atoms with van der Waals surface area (Å²) in [5.41, 5.74) is 6.27. The molecule has 0 fully saturated rings. The summed E-state index contributed by atoms with van der Waals surface area (Å²) in [4.78, 5) is 7.77. The van der Waals surface area contributed by atoms with E-state index in [0.29, 0.717) is 17.6 Å². The number of fused-ring (bicyclic) bond motifs is 1. The molecule has 2 N–H and O–H groups in total. The minimum atomic E-state index is 0.167. The predicted octanol–water partition coefficient (Wildman–Crippen LogP) is 1.04. The van der Waals surface area contributed by atoms with Crippen molar-refractivity contribution in [2.24, 2.45) is 0 Å². The fourth-order valence-electron chi connectivity index (χ4n) is 1.20. The van der Waals surface area contributed by atoms with Gasteiger partial charge in [-0.1, -0.05) is 11.6 Å². The molecular weight excluding hydrogens is 178 g/mol. The monoisotopic (exact) mass is 185 g/mol. The van der Waals surface area contributed by atoms with Gasteiger partial charge in [-0.15, -0.1) is 0 Å². The van der Waals surface area contributed by atoms with E-state index in [9.17, 15) is 0 Å². The number of hydrogen-bond acceptors (Lipinski definition) is 4. The summed E-state index contributed by atoms with van der Waals surface area (Å²) in [6.07, 6.45) is 1.83. The van der Waals surface area contributed by atoms with Crippen molar-refractivity contribution in [1.82, 2.24) is 9.97 Å². The lowest BCUT2D eigenvalue weighted by Gasteiger charge is -2.16. The first kappa shape index (κ1) is 7.61. The van der Waals surface area contributed by atoms with Crippen molar-refractivity contribution in [3.8, 4) is 5.88 Å². The van der Waals surface area contributed by atoms with Gasteiger partial charge in [0.25, 0.3) is 0 Å². The average molecular weight is 186 g/mol. The highest BCUT2D eigenvalue weighted by molar-refractivity contribution is 6.30. The molecule has 5 heteroatoms. The Morgan fingerprint density at radius 3 is 3.08 bits per heavy atom. The van der Waals surface area contributed by atoms with Crippen molar-refractivity contribution in [3.05, 3.63) is 10.7 Å². The van der Waals surface area contributed by atoms with Crippen LogP contribution in [0.3, 0.4) is 0 Å². The Balaban J connectivity index is 2.53. The van der Waals surface area contributed by atoms with E-state index in [1.807, 2.05) is 0 Å². The fourth-order valence-corrected chi connectivity index (χ4v) is 1.46. The molecule has 12 heavy (non-hydrogen) atoms. The molecule has 1 aromatic heterocycles. The maximum Gasteiger partial charge on any atom is 0.224 e. The molecule has 0 amide bonds. The normalized spacial score (nSPS) is 15.1. The summed E-state index contributed by atoms with van der Waals surface area (Å²) in [6.45, 7) is 0.680. The van der Waals surface area contributed by atoms with Gasteiger partial charge in [0.2, 0.25) is 11.8 Å². The van der Waals surface area contributed by atoms with Gasteiger partial charge in [0.1, 0.15) is 5.15 Å². The van der Waals surface area contributed by atoms with E-state index in [2.05, 4.69) is 9.97 Å². The second-order valence-corrected chi connectivity index (χ2v) is 2.97. The molecule has 4 nitrogen and oxygen atoms in total. The Hall–Kier alpha value is -1.03. The lowest BCUT2D eigenvalue weighted by atomic mass is 10.1. The third-order valence-electron chi connectivity index (χ3n) is 1.75. The second-order valence-electron chi connectivity index (χ2n) is 2.61. The topological polar surface area (TPSA) is 61.0 Å². The third-order valence-corrected chi connectivity index (χ3v) is 2.06. The molecule has 0 bridgehead atoms. The average Bonchev–Trinajstić information content (AvgIpc) is 2.04. The van der Waals surface area contributed by atoms with Crippen molar-refractivity contribution >= 4 is 17.5 Å². The largest absolute Gasteiger partial charge is 0.477 e. The summed E-state index contributed by atoms with van der Waals surface area (Å²) in [7, 11) is 0. The maximum absolute atomic E-state index is 5.84. The Bertz CT molecular complexity index is 316. The Kier molecular flexibility index (Phi) is 1.77. The van der Waals surface area contributed by atoms with Crippen molar-refractivity contribution in [1.29, 1.82) is 0 Å². The highest BCUT2D eigenvalue weighted by Gasteiger charge is 2.16. The molecule has 0 unspecified atom stereocenters. The van der Waals surface area contributed by atoms with Crippen molar-refractivity contribution in [2.45, 2.75) is 12.8 Å². The summed E-state index contributed by atoms with van der Waals surface area (Å²) in [5.74, 6) is 0.708. The molecule has 0 saturated heterocycles. The van der Waals surface area contributed by atoms with Gasteiger partial charge in [-0.2, -0.15) is 4.98 Å². The minimum Gasteiger partial charge on any atom is -0.477 e. The van der Waals surface area contributed by atoms with E-state index < -0.39 is 0 Å². The summed E-state index contributed by atoms with van der Waals surface area (Å²) < 4.78 is 5.27. The number of rotatable bonds is 0. The molecule has 0 saturated carbocycles. The van der Waals surface area contributed by atoms with Gasteiger partial charge in [0.05, 0.1) is 12.2 Å². The number of nitrogens with two attached hydrogens (primary N) is 1. The first-order valence-electron chi connectivity index (χ1n) is 3.72. The van der Waals surface area contributed by atoms with E-state index in [0.717, 1.165) is 18.4 Å². The molecule has 0 radical (unpaired) electrons. The van der Waals surface area contributed by atoms with E-state index in [1.54, 1.807) is 0 Å². The van der Waals surface area contributed by atoms with Crippen LogP contribution in [-0.2, 0) is 6.42 Å². The van der Waals surface area contributed by atoms with Gasteiger partial charge >= 0.3 is 0 Å². The van der Waals surface area contributed by atoms with E-state index in [1.165, 1.54) is 0 Å². The third kappa shape index (κ3) is 1.18. The van der Waals surface area contributed by atoms with Gasteiger partial charge in [-0.05, 0) is 12.8 Å². The number of aromatic nitrogens is 2. The molecule has 2 rings (SSSR count). The molecule has 0 aliphatic carbocycles. The van der Waals surface area contributed by atoms with Crippen LogP contribution >= 0.6 is 11.6 Å². The van der Waals surface area contributed by atoms with Crippen LogP contribution in [0.25, 0.3) is 0 Å². The Morgan fingerprint density at radius 1 is 1.42 bits per heavy atom. The van der Waals surface area contributed by atoms with Crippen LogP contribution in [-0.4, -0.2) is 16.6 Å². The molecule has 0 atom stereocenters. The van der Waals surface area contributed by atoms with Crippen LogP contribution in [0.4, 0.5) is 5.95 Å². The molecular formula is C7H8ClN3O. The van der Waals surface area contributed by atoms with Crippen molar-refractivity contribution in [3.63, 3.8) is 0 Å². The number of hydrogen-bond donors (Lipinski definition) is 1. The zero-order chi connectivity index (χ0) is 8.55. The Morgan fingerprint density at radius 2 is 2.25 bits per heavy atom. The summed E-state index contributed by atoms with van der Waals surface area (Å²) in [6, 6.07) is 0. The molecule has 2 heterocycles. The standard InChI is InChI=1S/C7H8ClN3O/c8-5-4-2-1-3-12-6(4)11-7(9)10-5/h1-3H2,(H2,9,10,11). The Labute approximate surface area is 74.7 Å². The number of nitrogens with zero attached hydrogens (tertiary/aromatic N) is 2. The van der Waals surface area contributed by atoms with Crippen molar-refractivity contribution < 1.29 is 4.74 Å².